The number of aromatic amines is 1. The van der Waals surface area contributed by atoms with Gasteiger partial charge in [0.2, 0.25) is 0 Å². The van der Waals surface area contributed by atoms with Crippen LogP contribution in [0.25, 0.3) is 11.4 Å². The molecule has 1 heterocycles. The van der Waals surface area contributed by atoms with Crippen LogP contribution < -0.4 is 11.3 Å². The first-order valence-corrected chi connectivity index (χ1v) is 4.66. The number of hydrogen-bond acceptors (Lipinski definition) is 3. The van der Waals surface area contributed by atoms with E-state index in [-0.39, 0.29) is 11.2 Å². The van der Waals surface area contributed by atoms with Crippen molar-refractivity contribution in [1.82, 2.24) is 9.97 Å². The minimum absolute atomic E-state index is 0.0887. The predicted molar refractivity (Wildman–Crippen MR) is 59.7 cm³/mol. The van der Waals surface area contributed by atoms with E-state index < -0.39 is 0 Å². The fourth-order valence-corrected chi connectivity index (χ4v) is 1.42. The fraction of sp³-hybridized carbons (Fsp3) is 0. The molecule has 0 aliphatic heterocycles. The molecule has 1 aromatic heterocycles. The molecule has 15 heavy (non-hydrogen) atoms. The van der Waals surface area contributed by atoms with E-state index in [1.54, 1.807) is 18.2 Å². The summed E-state index contributed by atoms with van der Waals surface area (Å²) in [5.41, 5.74) is 5.77. The van der Waals surface area contributed by atoms with Gasteiger partial charge in [0.1, 0.15) is 11.5 Å². The minimum atomic E-state index is -0.361. The van der Waals surface area contributed by atoms with Gasteiger partial charge in [-0.05, 0) is 12.1 Å². The van der Waals surface area contributed by atoms with Crippen molar-refractivity contribution in [2.45, 2.75) is 0 Å². The van der Waals surface area contributed by atoms with Crippen molar-refractivity contribution >= 4 is 17.3 Å². The second-order valence-electron chi connectivity index (χ2n) is 3.00. The van der Waals surface area contributed by atoms with Crippen LogP contribution in [0.1, 0.15) is 0 Å². The molecule has 0 saturated heterocycles. The molecule has 2 rings (SSSR count). The Hall–Kier alpha value is -1.81. The number of nitrogens with two attached hydrogens (primary N) is 1. The Bertz CT molecular complexity index is 550. The molecule has 5 heteroatoms. The highest BCUT2D eigenvalue weighted by atomic mass is 35.5. The number of H-pyrrole nitrogens is 1. The molecule has 0 fully saturated rings. The lowest BCUT2D eigenvalue weighted by Gasteiger charge is -2.02. The Balaban J connectivity index is 2.60. The molecule has 1 aromatic carbocycles. The van der Waals surface area contributed by atoms with Crippen LogP contribution in [0.5, 0.6) is 0 Å². The van der Waals surface area contributed by atoms with Gasteiger partial charge in [0, 0.05) is 5.56 Å². The van der Waals surface area contributed by atoms with Crippen molar-refractivity contribution in [2.24, 2.45) is 0 Å². The first kappa shape index (κ1) is 9.73. The van der Waals surface area contributed by atoms with Gasteiger partial charge in [-0.1, -0.05) is 23.7 Å². The molecule has 0 unspecified atom stereocenters. The van der Waals surface area contributed by atoms with Crippen molar-refractivity contribution in [3.63, 3.8) is 0 Å². The molecule has 0 spiro atoms. The standard InChI is InChI=1S/C10H8ClN3O/c11-7-4-2-1-3-6(7)9-13-5-8(12)10(15)14-9/h1-5H,12H2,(H,13,14,15). The van der Waals surface area contributed by atoms with Crippen molar-refractivity contribution in [3.8, 4) is 11.4 Å². The van der Waals surface area contributed by atoms with E-state index in [2.05, 4.69) is 9.97 Å². The summed E-state index contributed by atoms with van der Waals surface area (Å²) in [5, 5.41) is 0.533. The molecule has 0 radical (unpaired) electrons. The zero-order valence-electron chi connectivity index (χ0n) is 7.70. The van der Waals surface area contributed by atoms with E-state index >= 15 is 0 Å². The predicted octanol–water partition coefficient (Wildman–Crippen LogP) is 1.67. The van der Waals surface area contributed by atoms with Gasteiger partial charge in [-0.25, -0.2) is 4.98 Å². The van der Waals surface area contributed by atoms with E-state index in [0.29, 0.717) is 16.4 Å². The normalized spacial score (nSPS) is 10.2. The molecule has 0 amide bonds. The van der Waals surface area contributed by atoms with Crippen LogP contribution in [0.3, 0.4) is 0 Å². The van der Waals surface area contributed by atoms with Gasteiger partial charge < -0.3 is 10.7 Å². The van der Waals surface area contributed by atoms with Crippen molar-refractivity contribution in [2.75, 3.05) is 5.73 Å². The Morgan fingerprint density at radius 3 is 2.73 bits per heavy atom. The van der Waals surface area contributed by atoms with Gasteiger partial charge in [0.05, 0.1) is 11.2 Å². The van der Waals surface area contributed by atoms with Gasteiger partial charge in [0.25, 0.3) is 5.56 Å². The third-order valence-electron chi connectivity index (χ3n) is 1.96. The second kappa shape index (κ2) is 3.74. The highest BCUT2D eigenvalue weighted by Gasteiger charge is 2.05. The smallest absolute Gasteiger partial charge is 0.274 e. The molecule has 76 valence electrons. The molecule has 0 saturated carbocycles. The summed E-state index contributed by atoms with van der Waals surface area (Å²) in [6.45, 7) is 0. The number of nitrogens with one attached hydrogen (secondary N) is 1. The van der Waals surface area contributed by atoms with E-state index in [0.717, 1.165) is 0 Å². The number of hydrogen-bond donors (Lipinski definition) is 2. The van der Waals surface area contributed by atoms with Crippen LogP contribution in [0.4, 0.5) is 5.69 Å². The lowest BCUT2D eigenvalue weighted by molar-refractivity contribution is 1.13. The van der Waals surface area contributed by atoms with Crippen LogP contribution in [0.15, 0.2) is 35.3 Å². The topological polar surface area (TPSA) is 71.8 Å². The summed E-state index contributed by atoms with van der Waals surface area (Å²) >= 11 is 5.96. The fourth-order valence-electron chi connectivity index (χ4n) is 1.19. The molecule has 0 aliphatic rings. The number of benzene rings is 1. The first-order chi connectivity index (χ1) is 7.18. The zero-order valence-corrected chi connectivity index (χ0v) is 8.45. The number of aromatic nitrogens is 2. The van der Waals surface area contributed by atoms with E-state index in [1.165, 1.54) is 6.20 Å². The average molecular weight is 222 g/mol. The van der Waals surface area contributed by atoms with Crippen LogP contribution >= 0.6 is 11.6 Å². The quantitative estimate of drug-likeness (QED) is 0.770. The lowest BCUT2D eigenvalue weighted by Crippen LogP contribution is -2.13. The maximum absolute atomic E-state index is 11.3. The van der Waals surface area contributed by atoms with Crippen LogP contribution in [0.2, 0.25) is 5.02 Å². The molecule has 0 aliphatic carbocycles. The summed E-state index contributed by atoms with van der Waals surface area (Å²) in [5.74, 6) is 0.416. The number of halogens is 1. The number of nitrogen functional groups attached to an aromatic ring is 1. The maximum atomic E-state index is 11.3. The molecule has 4 nitrogen and oxygen atoms in total. The molecule has 0 bridgehead atoms. The number of anilines is 1. The first-order valence-electron chi connectivity index (χ1n) is 4.28. The average Bonchev–Trinajstić information content (AvgIpc) is 2.23. The highest BCUT2D eigenvalue weighted by molar-refractivity contribution is 6.33. The van der Waals surface area contributed by atoms with E-state index in [4.69, 9.17) is 17.3 Å². The van der Waals surface area contributed by atoms with Crippen molar-refractivity contribution < 1.29 is 0 Å². The van der Waals surface area contributed by atoms with Gasteiger partial charge in [-0.2, -0.15) is 0 Å². The highest BCUT2D eigenvalue weighted by Crippen LogP contribution is 2.23. The van der Waals surface area contributed by atoms with E-state index in [1.807, 2.05) is 6.07 Å². The SMILES string of the molecule is Nc1cnc(-c2ccccc2Cl)[nH]c1=O. The lowest BCUT2D eigenvalue weighted by atomic mass is 10.2. The summed E-state index contributed by atoms with van der Waals surface area (Å²) in [6.07, 6.45) is 1.32. The van der Waals surface area contributed by atoms with Gasteiger partial charge in [-0.3, -0.25) is 4.79 Å². The summed E-state index contributed by atoms with van der Waals surface area (Å²) in [4.78, 5) is 17.8. The minimum Gasteiger partial charge on any atom is -0.393 e. The number of rotatable bonds is 1. The zero-order chi connectivity index (χ0) is 10.8. The van der Waals surface area contributed by atoms with Crippen LogP contribution in [-0.4, -0.2) is 9.97 Å². The largest absolute Gasteiger partial charge is 0.393 e. The van der Waals surface area contributed by atoms with E-state index in [9.17, 15) is 4.79 Å². The third kappa shape index (κ3) is 1.85. The molecular formula is C10H8ClN3O. The monoisotopic (exact) mass is 221 g/mol. The summed E-state index contributed by atoms with van der Waals surface area (Å²) < 4.78 is 0. The Labute approximate surface area is 90.7 Å². The second-order valence-corrected chi connectivity index (χ2v) is 3.40. The van der Waals surface area contributed by atoms with Crippen LogP contribution in [0, 0.1) is 0 Å². The Morgan fingerprint density at radius 1 is 1.33 bits per heavy atom. The molecule has 2 aromatic rings. The van der Waals surface area contributed by atoms with Crippen molar-refractivity contribution in [3.05, 3.63) is 45.8 Å². The maximum Gasteiger partial charge on any atom is 0.274 e. The Kier molecular flexibility index (Phi) is 2.43. The Morgan fingerprint density at radius 2 is 2.07 bits per heavy atom. The molecule has 0 atom stereocenters. The van der Waals surface area contributed by atoms with Gasteiger partial charge in [-0.15, -0.1) is 0 Å². The molecular weight excluding hydrogens is 214 g/mol. The third-order valence-corrected chi connectivity index (χ3v) is 2.29. The summed E-state index contributed by atoms with van der Waals surface area (Å²) in [6, 6.07) is 7.13. The number of nitrogens with zero attached hydrogens (tertiary/aromatic N) is 1. The summed E-state index contributed by atoms with van der Waals surface area (Å²) in [7, 11) is 0. The van der Waals surface area contributed by atoms with Crippen LogP contribution in [-0.2, 0) is 0 Å². The molecule has 3 N–H and O–H groups in total. The van der Waals surface area contributed by atoms with Gasteiger partial charge >= 0.3 is 0 Å². The van der Waals surface area contributed by atoms with Gasteiger partial charge in [0.15, 0.2) is 0 Å². The van der Waals surface area contributed by atoms with Crippen molar-refractivity contribution in [1.29, 1.82) is 0 Å².